The molecule has 3 rings (SSSR count). The third kappa shape index (κ3) is 4.49. The summed E-state index contributed by atoms with van der Waals surface area (Å²) >= 11 is 1.15. The molecule has 1 N–H and O–H groups in total. The summed E-state index contributed by atoms with van der Waals surface area (Å²) in [6.45, 7) is 4.19. The summed E-state index contributed by atoms with van der Waals surface area (Å²) in [6.07, 6.45) is 0.215. The minimum absolute atomic E-state index is 0.0726. The number of aryl methyl sites for hydroxylation is 2. The van der Waals surface area contributed by atoms with Crippen LogP contribution in [0.15, 0.2) is 35.5 Å². The van der Waals surface area contributed by atoms with Gasteiger partial charge in [0.2, 0.25) is 5.91 Å². The van der Waals surface area contributed by atoms with Crippen LogP contribution >= 0.6 is 11.8 Å². The number of hydrogen-bond acceptors (Lipinski definition) is 4. The molecule has 3 aromatic rings. The number of hydrogen-bond donors (Lipinski definition) is 1. The van der Waals surface area contributed by atoms with E-state index in [4.69, 9.17) is 5.26 Å². The minimum Gasteiger partial charge on any atom is -0.333 e. The summed E-state index contributed by atoms with van der Waals surface area (Å²) in [5.41, 5.74) is 3.46. The molecular formula is C20H18F2N4OS. The molecule has 0 aliphatic rings. The number of halogens is 2. The topological polar surface area (TPSA) is 72.8 Å². The maximum absolute atomic E-state index is 13.3. The highest BCUT2D eigenvalue weighted by Crippen LogP contribution is 2.24. The van der Waals surface area contributed by atoms with E-state index in [1.165, 1.54) is 0 Å². The van der Waals surface area contributed by atoms with Crippen molar-refractivity contribution in [2.45, 2.75) is 25.4 Å². The molecule has 0 unspecified atom stereocenters. The number of fused-ring (bicyclic) bond motifs is 1. The Morgan fingerprint density at radius 2 is 1.86 bits per heavy atom. The molecule has 8 heteroatoms. The highest BCUT2D eigenvalue weighted by molar-refractivity contribution is 7.99. The van der Waals surface area contributed by atoms with E-state index in [0.29, 0.717) is 16.2 Å². The molecule has 144 valence electrons. The summed E-state index contributed by atoms with van der Waals surface area (Å²) in [7, 11) is 0. The normalized spacial score (nSPS) is 10.8. The molecule has 1 aromatic heterocycles. The number of nitrogens with one attached hydrogen (secondary N) is 1. The van der Waals surface area contributed by atoms with Gasteiger partial charge in [0.15, 0.2) is 16.8 Å². The Morgan fingerprint density at radius 1 is 1.18 bits per heavy atom. The fourth-order valence-electron chi connectivity index (χ4n) is 2.92. The van der Waals surface area contributed by atoms with Crippen LogP contribution in [0.3, 0.4) is 0 Å². The molecule has 0 bridgehead atoms. The first-order chi connectivity index (χ1) is 13.4. The maximum atomic E-state index is 13.3. The number of nitriles is 1. The molecule has 0 aliphatic carbocycles. The van der Waals surface area contributed by atoms with Crippen molar-refractivity contribution in [1.29, 1.82) is 5.26 Å². The second kappa shape index (κ2) is 8.40. The van der Waals surface area contributed by atoms with Gasteiger partial charge in [0.05, 0.1) is 29.3 Å². The lowest BCUT2D eigenvalue weighted by Gasteiger charge is -2.22. The monoisotopic (exact) mass is 400 g/mol. The molecule has 0 spiro atoms. The Bertz CT molecular complexity index is 1010. The number of H-pyrrole nitrogens is 1. The number of benzene rings is 2. The van der Waals surface area contributed by atoms with E-state index in [2.05, 4.69) is 16.0 Å². The van der Waals surface area contributed by atoms with Gasteiger partial charge in [-0.15, -0.1) is 0 Å². The highest BCUT2D eigenvalue weighted by atomic mass is 32.2. The van der Waals surface area contributed by atoms with Crippen LogP contribution in [0.4, 0.5) is 14.5 Å². The number of aromatic amines is 1. The first-order valence-electron chi connectivity index (χ1n) is 8.60. The molecular weight excluding hydrogens is 382 g/mol. The minimum atomic E-state index is -0.968. The number of anilines is 1. The standard InChI is InChI=1S/C20H18F2N4OS/c1-12-6-13(2)8-14(7-12)26(5-3-4-23)19(27)11-28-20-24-17-9-15(21)16(22)10-18(17)25-20/h6-10H,3,5,11H2,1-2H3,(H,24,25). The molecule has 0 saturated heterocycles. The van der Waals surface area contributed by atoms with Crippen LogP contribution in [0, 0.1) is 36.8 Å². The van der Waals surface area contributed by atoms with E-state index in [0.717, 1.165) is 40.7 Å². The van der Waals surface area contributed by atoms with Gasteiger partial charge in [-0.1, -0.05) is 17.8 Å². The fraction of sp³-hybridized carbons (Fsp3) is 0.250. The molecule has 5 nitrogen and oxygen atoms in total. The van der Waals surface area contributed by atoms with Crippen molar-refractivity contribution in [3.63, 3.8) is 0 Å². The number of rotatable bonds is 6. The van der Waals surface area contributed by atoms with Crippen LogP contribution in [0.2, 0.25) is 0 Å². The number of carbonyl (C=O) groups is 1. The number of aromatic nitrogens is 2. The number of amides is 1. The van der Waals surface area contributed by atoms with E-state index >= 15 is 0 Å². The third-order valence-corrected chi connectivity index (χ3v) is 4.96. The zero-order chi connectivity index (χ0) is 20.3. The summed E-state index contributed by atoms with van der Waals surface area (Å²) in [5.74, 6) is -2.03. The van der Waals surface area contributed by atoms with Crippen molar-refractivity contribution >= 4 is 34.4 Å². The van der Waals surface area contributed by atoms with Crippen LogP contribution < -0.4 is 4.90 Å². The number of nitrogens with zero attached hydrogens (tertiary/aromatic N) is 3. The van der Waals surface area contributed by atoms with E-state index in [-0.39, 0.29) is 24.6 Å². The zero-order valence-corrected chi connectivity index (χ0v) is 16.2. The summed E-state index contributed by atoms with van der Waals surface area (Å²) < 4.78 is 26.7. The fourth-order valence-corrected chi connectivity index (χ4v) is 3.69. The lowest BCUT2D eigenvalue weighted by molar-refractivity contribution is -0.116. The van der Waals surface area contributed by atoms with E-state index in [1.54, 1.807) is 4.90 Å². The smallest absolute Gasteiger partial charge is 0.237 e. The van der Waals surface area contributed by atoms with Crippen molar-refractivity contribution in [3.05, 3.63) is 53.1 Å². The second-order valence-corrected chi connectivity index (χ2v) is 7.38. The molecule has 0 saturated carbocycles. The molecule has 28 heavy (non-hydrogen) atoms. The largest absolute Gasteiger partial charge is 0.333 e. The average Bonchev–Trinajstić information content (AvgIpc) is 3.01. The van der Waals surface area contributed by atoms with Gasteiger partial charge in [0, 0.05) is 24.4 Å². The molecule has 0 fully saturated rings. The van der Waals surface area contributed by atoms with Crippen LogP contribution in [0.25, 0.3) is 11.0 Å². The Kier molecular flexibility index (Phi) is 5.95. The van der Waals surface area contributed by atoms with Gasteiger partial charge in [0.1, 0.15) is 0 Å². The van der Waals surface area contributed by atoms with E-state index in [1.807, 2.05) is 32.0 Å². The molecule has 0 radical (unpaired) electrons. The van der Waals surface area contributed by atoms with Crippen molar-refractivity contribution in [2.24, 2.45) is 0 Å². The highest BCUT2D eigenvalue weighted by Gasteiger charge is 2.18. The Labute approximate surface area is 165 Å². The van der Waals surface area contributed by atoms with Crippen molar-refractivity contribution in [2.75, 3.05) is 17.2 Å². The van der Waals surface area contributed by atoms with E-state index in [9.17, 15) is 13.6 Å². The first kappa shape index (κ1) is 19.8. The molecule has 1 amide bonds. The summed E-state index contributed by atoms with van der Waals surface area (Å²) in [4.78, 5) is 21.5. The van der Waals surface area contributed by atoms with Gasteiger partial charge in [-0.25, -0.2) is 13.8 Å². The van der Waals surface area contributed by atoms with Crippen LogP contribution in [-0.4, -0.2) is 28.2 Å². The molecule has 1 heterocycles. The Morgan fingerprint density at radius 3 is 2.54 bits per heavy atom. The molecule has 0 aliphatic heterocycles. The van der Waals surface area contributed by atoms with Gasteiger partial charge < -0.3 is 9.88 Å². The molecule has 2 aromatic carbocycles. The number of imidazole rings is 1. The van der Waals surface area contributed by atoms with Crippen LogP contribution in [0.1, 0.15) is 17.5 Å². The summed E-state index contributed by atoms with van der Waals surface area (Å²) in [5, 5.41) is 9.31. The quantitative estimate of drug-likeness (QED) is 0.619. The van der Waals surface area contributed by atoms with Gasteiger partial charge >= 0.3 is 0 Å². The van der Waals surface area contributed by atoms with Gasteiger partial charge in [-0.2, -0.15) is 5.26 Å². The van der Waals surface area contributed by atoms with Gasteiger partial charge in [-0.3, -0.25) is 4.79 Å². The first-order valence-corrected chi connectivity index (χ1v) is 9.59. The SMILES string of the molecule is Cc1cc(C)cc(N(CCC#N)C(=O)CSc2nc3cc(F)c(F)cc3[nH]2)c1. The zero-order valence-electron chi connectivity index (χ0n) is 15.4. The van der Waals surface area contributed by atoms with Gasteiger partial charge in [0.25, 0.3) is 0 Å². The second-order valence-electron chi connectivity index (χ2n) is 6.41. The van der Waals surface area contributed by atoms with E-state index < -0.39 is 11.6 Å². The average molecular weight is 400 g/mol. The summed E-state index contributed by atoms with van der Waals surface area (Å²) in [6, 6.07) is 9.94. The Balaban J connectivity index is 1.77. The lowest BCUT2D eigenvalue weighted by Crippen LogP contribution is -2.33. The predicted octanol–water partition coefficient (Wildman–Crippen LogP) is 4.50. The van der Waals surface area contributed by atoms with Crippen molar-refractivity contribution in [3.8, 4) is 6.07 Å². The number of thioether (sulfide) groups is 1. The van der Waals surface area contributed by atoms with Gasteiger partial charge in [-0.05, 0) is 37.1 Å². The lowest BCUT2D eigenvalue weighted by atomic mass is 10.1. The Hall–Kier alpha value is -2.92. The third-order valence-electron chi connectivity index (χ3n) is 4.10. The van der Waals surface area contributed by atoms with Crippen LogP contribution in [0.5, 0.6) is 0 Å². The van der Waals surface area contributed by atoms with Crippen LogP contribution in [-0.2, 0) is 4.79 Å². The predicted molar refractivity (Wildman–Crippen MR) is 105 cm³/mol. The number of carbonyl (C=O) groups excluding carboxylic acids is 1. The maximum Gasteiger partial charge on any atom is 0.237 e. The molecule has 0 atom stereocenters. The van der Waals surface area contributed by atoms with Crippen molar-refractivity contribution < 1.29 is 13.6 Å². The van der Waals surface area contributed by atoms with Crippen molar-refractivity contribution in [1.82, 2.24) is 9.97 Å².